The van der Waals surface area contributed by atoms with Crippen LogP contribution in [0.3, 0.4) is 0 Å². The lowest BCUT2D eigenvalue weighted by Crippen LogP contribution is -2.49. The highest BCUT2D eigenvalue weighted by Gasteiger charge is 2.35. The van der Waals surface area contributed by atoms with Gasteiger partial charge in [0.15, 0.2) is 0 Å². The van der Waals surface area contributed by atoms with Crippen LogP contribution in [-0.2, 0) is 6.42 Å². The Morgan fingerprint density at radius 1 is 1.21 bits per heavy atom. The largest absolute Gasteiger partial charge is 0.271 e. The summed E-state index contributed by atoms with van der Waals surface area (Å²) < 4.78 is 27.5. The zero-order valence-electron chi connectivity index (χ0n) is 11.4. The van der Waals surface area contributed by atoms with Gasteiger partial charge in [-0.3, -0.25) is 11.3 Å². The van der Waals surface area contributed by atoms with E-state index in [2.05, 4.69) is 12.3 Å². The molecule has 4 heteroatoms. The number of nitrogens with two attached hydrogens (primary N) is 1. The minimum atomic E-state index is -0.486. The third-order valence-corrected chi connectivity index (χ3v) is 4.51. The Balaban J connectivity index is 2.19. The Kier molecular flexibility index (Phi) is 4.53. The highest BCUT2D eigenvalue weighted by Crippen LogP contribution is 2.39. The molecule has 0 saturated heterocycles. The maximum Gasteiger partial charge on any atom is 0.129 e. The van der Waals surface area contributed by atoms with Crippen LogP contribution in [0.2, 0.25) is 0 Å². The number of hydrogen-bond donors (Lipinski definition) is 2. The molecule has 1 unspecified atom stereocenters. The third kappa shape index (κ3) is 3.12. The highest BCUT2D eigenvalue weighted by atomic mass is 19.1. The van der Waals surface area contributed by atoms with Crippen LogP contribution in [0.4, 0.5) is 8.78 Å². The zero-order valence-corrected chi connectivity index (χ0v) is 11.4. The average Bonchev–Trinajstić information content (AvgIpc) is 2.39. The fraction of sp³-hybridized carbons (Fsp3) is 0.600. The molecule has 3 N–H and O–H groups in total. The summed E-state index contributed by atoms with van der Waals surface area (Å²) in [5.74, 6) is 4.67. The summed E-state index contributed by atoms with van der Waals surface area (Å²) in [6, 6.07) is 3.89. The molecule has 1 saturated carbocycles. The van der Waals surface area contributed by atoms with Crippen molar-refractivity contribution in [2.45, 2.75) is 51.5 Å². The molecular formula is C15H22F2N2. The molecule has 1 aliphatic carbocycles. The summed E-state index contributed by atoms with van der Waals surface area (Å²) >= 11 is 0. The van der Waals surface area contributed by atoms with Crippen LogP contribution in [0.1, 0.15) is 44.6 Å². The second kappa shape index (κ2) is 5.97. The molecule has 0 radical (unpaired) electrons. The normalized spacial score (nSPS) is 20.2. The molecule has 1 aliphatic rings. The molecule has 1 fully saturated rings. The van der Waals surface area contributed by atoms with Gasteiger partial charge in [0.2, 0.25) is 0 Å². The van der Waals surface area contributed by atoms with Crippen LogP contribution in [-0.4, -0.2) is 6.04 Å². The van der Waals surface area contributed by atoms with E-state index in [1.807, 2.05) is 0 Å². The second-order valence-corrected chi connectivity index (χ2v) is 5.84. The minimum absolute atomic E-state index is 0.0156. The van der Waals surface area contributed by atoms with E-state index in [1.165, 1.54) is 24.6 Å². The van der Waals surface area contributed by atoms with E-state index in [0.717, 1.165) is 25.7 Å². The van der Waals surface area contributed by atoms with Gasteiger partial charge in [0, 0.05) is 11.6 Å². The molecule has 0 aliphatic heterocycles. The Bertz CT molecular complexity index is 408. The highest BCUT2D eigenvalue weighted by molar-refractivity contribution is 5.21. The molecule has 0 aromatic heterocycles. The maximum absolute atomic E-state index is 13.7. The molecule has 1 atom stereocenters. The smallest absolute Gasteiger partial charge is 0.129 e. The zero-order chi connectivity index (χ0) is 13.9. The summed E-state index contributed by atoms with van der Waals surface area (Å²) in [6.07, 6.45) is 5.96. The van der Waals surface area contributed by atoms with Gasteiger partial charge in [-0.05, 0) is 36.8 Å². The molecular weight excluding hydrogens is 246 g/mol. The van der Waals surface area contributed by atoms with Crippen LogP contribution in [0.15, 0.2) is 18.2 Å². The van der Waals surface area contributed by atoms with Crippen LogP contribution in [0.5, 0.6) is 0 Å². The van der Waals surface area contributed by atoms with E-state index in [-0.39, 0.29) is 17.0 Å². The topological polar surface area (TPSA) is 38.0 Å². The van der Waals surface area contributed by atoms with E-state index >= 15 is 0 Å². The second-order valence-electron chi connectivity index (χ2n) is 5.84. The van der Waals surface area contributed by atoms with Crippen molar-refractivity contribution in [1.82, 2.24) is 5.43 Å². The lowest BCUT2D eigenvalue weighted by Gasteiger charge is -2.40. The summed E-state index contributed by atoms with van der Waals surface area (Å²) in [5, 5.41) is 0. The molecule has 2 rings (SSSR count). The first-order valence-corrected chi connectivity index (χ1v) is 6.96. The van der Waals surface area contributed by atoms with Crippen molar-refractivity contribution in [1.29, 1.82) is 0 Å². The van der Waals surface area contributed by atoms with Gasteiger partial charge in [-0.15, -0.1) is 0 Å². The Morgan fingerprint density at radius 3 is 2.32 bits per heavy atom. The quantitative estimate of drug-likeness (QED) is 0.649. The van der Waals surface area contributed by atoms with E-state index in [4.69, 9.17) is 5.84 Å². The lowest BCUT2D eigenvalue weighted by molar-refractivity contribution is 0.142. The van der Waals surface area contributed by atoms with Crippen molar-refractivity contribution in [3.63, 3.8) is 0 Å². The van der Waals surface area contributed by atoms with E-state index < -0.39 is 11.6 Å². The van der Waals surface area contributed by atoms with Gasteiger partial charge in [-0.2, -0.15) is 0 Å². The van der Waals surface area contributed by atoms with Gasteiger partial charge < -0.3 is 0 Å². The molecule has 0 spiro atoms. The minimum Gasteiger partial charge on any atom is -0.271 e. The SMILES string of the molecule is CC1(C(Cc2c(F)cccc2F)NN)CCCCC1. The molecule has 0 heterocycles. The number of nitrogens with one attached hydrogen (secondary N) is 1. The van der Waals surface area contributed by atoms with Crippen molar-refractivity contribution in [2.75, 3.05) is 0 Å². The monoisotopic (exact) mass is 268 g/mol. The first kappa shape index (κ1) is 14.4. The molecule has 1 aromatic carbocycles. The average molecular weight is 268 g/mol. The van der Waals surface area contributed by atoms with Crippen LogP contribution >= 0.6 is 0 Å². The molecule has 1 aromatic rings. The molecule has 0 bridgehead atoms. The fourth-order valence-electron chi connectivity index (χ4n) is 3.15. The van der Waals surface area contributed by atoms with Crippen molar-refractivity contribution in [2.24, 2.45) is 11.3 Å². The number of halogens is 2. The number of hydrazine groups is 1. The third-order valence-electron chi connectivity index (χ3n) is 4.51. The molecule has 19 heavy (non-hydrogen) atoms. The summed E-state index contributed by atoms with van der Waals surface area (Å²) in [7, 11) is 0. The maximum atomic E-state index is 13.7. The number of hydrogen-bond acceptors (Lipinski definition) is 2. The van der Waals surface area contributed by atoms with Crippen LogP contribution < -0.4 is 11.3 Å². The van der Waals surface area contributed by atoms with E-state index in [0.29, 0.717) is 6.42 Å². The van der Waals surface area contributed by atoms with Gasteiger partial charge in [0.25, 0.3) is 0 Å². The van der Waals surface area contributed by atoms with E-state index in [9.17, 15) is 8.78 Å². The predicted molar refractivity (Wildman–Crippen MR) is 72.4 cm³/mol. The first-order valence-electron chi connectivity index (χ1n) is 6.96. The summed E-state index contributed by atoms with van der Waals surface area (Å²) in [6.45, 7) is 2.16. The summed E-state index contributed by atoms with van der Waals surface area (Å²) in [5.41, 5.74) is 2.93. The van der Waals surface area contributed by atoms with E-state index in [1.54, 1.807) is 0 Å². The van der Waals surface area contributed by atoms with Crippen LogP contribution in [0, 0.1) is 17.0 Å². The molecule has 2 nitrogen and oxygen atoms in total. The fourth-order valence-corrected chi connectivity index (χ4v) is 3.15. The molecule has 0 amide bonds. The lowest BCUT2D eigenvalue weighted by atomic mass is 9.69. The number of benzene rings is 1. The van der Waals surface area contributed by atoms with Crippen molar-refractivity contribution in [3.8, 4) is 0 Å². The molecule has 106 valence electrons. The van der Waals surface area contributed by atoms with Crippen molar-refractivity contribution in [3.05, 3.63) is 35.4 Å². The van der Waals surface area contributed by atoms with Gasteiger partial charge in [-0.1, -0.05) is 32.3 Å². The van der Waals surface area contributed by atoms with Crippen molar-refractivity contribution >= 4 is 0 Å². The van der Waals surface area contributed by atoms with Gasteiger partial charge in [0.05, 0.1) is 0 Å². The van der Waals surface area contributed by atoms with Gasteiger partial charge >= 0.3 is 0 Å². The van der Waals surface area contributed by atoms with Crippen molar-refractivity contribution < 1.29 is 8.78 Å². The summed E-state index contributed by atoms with van der Waals surface area (Å²) in [4.78, 5) is 0. The van der Waals surface area contributed by atoms with Crippen LogP contribution in [0.25, 0.3) is 0 Å². The Hall–Kier alpha value is -1.00. The first-order chi connectivity index (χ1) is 9.07. The van der Waals surface area contributed by atoms with Gasteiger partial charge in [0.1, 0.15) is 11.6 Å². The predicted octanol–water partition coefficient (Wildman–Crippen LogP) is 3.31. The van der Waals surface area contributed by atoms with Gasteiger partial charge in [-0.25, -0.2) is 8.78 Å². The number of rotatable bonds is 4. The Labute approximate surface area is 113 Å². The standard InChI is InChI=1S/C15H22F2N2/c1-15(8-3-2-4-9-15)14(19-18)10-11-12(16)6-5-7-13(11)17/h5-7,14,19H,2-4,8-10,18H2,1H3. The Morgan fingerprint density at radius 2 is 1.79 bits per heavy atom.